The summed E-state index contributed by atoms with van der Waals surface area (Å²) in [5, 5.41) is 7.01. The predicted octanol–water partition coefficient (Wildman–Crippen LogP) is 2.60. The number of aromatic nitrogens is 4. The van der Waals surface area contributed by atoms with E-state index in [0.29, 0.717) is 37.0 Å². The van der Waals surface area contributed by atoms with Crippen LogP contribution in [0.4, 0.5) is 5.95 Å². The van der Waals surface area contributed by atoms with Gasteiger partial charge in [0.2, 0.25) is 11.8 Å². The van der Waals surface area contributed by atoms with Crippen LogP contribution in [0.15, 0.2) is 10.7 Å². The number of nitrogens with one attached hydrogen (secondary N) is 1. The third kappa shape index (κ3) is 4.49. The van der Waals surface area contributed by atoms with Gasteiger partial charge in [0, 0.05) is 32.0 Å². The van der Waals surface area contributed by atoms with Gasteiger partial charge >= 0.3 is 0 Å². The Morgan fingerprint density at radius 1 is 1.35 bits per heavy atom. The SMILES string of the molecule is CC(C)c1noc(CCCNC(=O)c2nc(N3CCCC3)ncc2Cl)n1. The van der Waals surface area contributed by atoms with Crippen LogP contribution in [0.2, 0.25) is 5.02 Å². The number of amides is 1. The molecule has 1 saturated heterocycles. The third-order valence-electron chi connectivity index (χ3n) is 4.19. The second-order valence-electron chi connectivity index (χ2n) is 6.62. The topological polar surface area (TPSA) is 97.0 Å². The van der Waals surface area contributed by atoms with Gasteiger partial charge in [-0.25, -0.2) is 9.97 Å². The lowest BCUT2D eigenvalue weighted by Crippen LogP contribution is -2.28. The molecule has 8 nitrogen and oxygen atoms in total. The number of carbonyl (C=O) groups is 1. The molecule has 1 amide bonds. The molecule has 0 atom stereocenters. The number of hydrogen-bond donors (Lipinski definition) is 1. The monoisotopic (exact) mass is 378 g/mol. The fourth-order valence-corrected chi connectivity index (χ4v) is 2.89. The quantitative estimate of drug-likeness (QED) is 0.739. The van der Waals surface area contributed by atoms with Crippen LogP contribution in [0.25, 0.3) is 0 Å². The Labute approximate surface area is 157 Å². The van der Waals surface area contributed by atoms with Crippen LogP contribution in [0.5, 0.6) is 0 Å². The highest BCUT2D eigenvalue weighted by molar-refractivity contribution is 6.33. The lowest BCUT2D eigenvalue weighted by atomic mass is 10.2. The van der Waals surface area contributed by atoms with Gasteiger partial charge in [-0.3, -0.25) is 4.79 Å². The summed E-state index contributed by atoms with van der Waals surface area (Å²) >= 11 is 6.10. The number of rotatable bonds is 7. The molecule has 0 bridgehead atoms. The Bertz CT molecular complexity index is 757. The maximum Gasteiger partial charge on any atom is 0.271 e. The molecule has 0 saturated carbocycles. The molecule has 1 fully saturated rings. The molecule has 0 spiro atoms. The van der Waals surface area contributed by atoms with E-state index in [4.69, 9.17) is 16.1 Å². The largest absolute Gasteiger partial charge is 0.351 e. The van der Waals surface area contributed by atoms with Crippen LogP contribution in [0.3, 0.4) is 0 Å². The Kier molecular flexibility index (Phi) is 6.03. The Balaban J connectivity index is 1.52. The van der Waals surface area contributed by atoms with E-state index in [2.05, 4.69) is 30.3 Å². The van der Waals surface area contributed by atoms with Gasteiger partial charge in [0.05, 0.1) is 11.2 Å². The average Bonchev–Trinajstić information content (AvgIpc) is 3.31. The van der Waals surface area contributed by atoms with Gasteiger partial charge in [-0.2, -0.15) is 4.98 Å². The molecular weight excluding hydrogens is 356 g/mol. The highest BCUT2D eigenvalue weighted by atomic mass is 35.5. The van der Waals surface area contributed by atoms with Gasteiger partial charge in [-0.05, 0) is 19.3 Å². The number of anilines is 1. The first-order valence-corrected chi connectivity index (χ1v) is 9.30. The second-order valence-corrected chi connectivity index (χ2v) is 7.03. The first kappa shape index (κ1) is 18.6. The van der Waals surface area contributed by atoms with E-state index in [1.807, 2.05) is 13.8 Å². The Morgan fingerprint density at radius 3 is 2.81 bits per heavy atom. The number of halogens is 1. The summed E-state index contributed by atoms with van der Waals surface area (Å²) in [4.78, 5) is 27.3. The standard InChI is InChI=1S/C17H23ClN6O2/c1-11(2)15-21-13(26-23-15)6-5-7-19-16(25)14-12(18)10-20-17(22-14)24-8-3-4-9-24/h10-11H,3-9H2,1-2H3,(H,19,25). The molecule has 0 aliphatic carbocycles. The number of carbonyl (C=O) groups excluding carboxylic acids is 1. The summed E-state index contributed by atoms with van der Waals surface area (Å²) in [6.45, 7) is 6.31. The van der Waals surface area contributed by atoms with Gasteiger partial charge in [0.25, 0.3) is 5.91 Å². The summed E-state index contributed by atoms with van der Waals surface area (Å²) in [7, 11) is 0. The average molecular weight is 379 g/mol. The van der Waals surface area contributed by atoms with Crippen molar-refractivity contribution < 1.29 is 9.32 Å². The Morgan fingerprint density at radius 2 is 2.12 bits per heavy atom. The van der Waals surface area contributed by atoms with Crippen LogP contribution >= 0.6 is 11.6 Å². The molecule has 3 rings (SSSR count). The minimum absolute atomic E-state index is 0.212. The molecule has 9 heteroatoms. The molecule has 0 aromatic carbocycles. The Hall–Kier alpha value is -2.22. The molecule has 0 unspecified atom stereocenters. The van der Waals surface area contributed by atoms with Crippen molar-refractivity contribution in [3.63, 3.8) is 0 Å². The lowest BCUT2D eigenvalue weighted by molar-refractivity contribution is 0.0948. The zero-order chi connectivity index (χ0) is 18.5. The lowest BCUT2D eigenvalue weighted by Gasteiger charge is -2.15. The van der Waals surface area contributed by atoms with Crippen molar-refractivity contribution in [2.45, 2.75) is 45.4 Å². The predicted molar refractivity (Wildman–Crippen MR) is 97.5 cm³/mol. The van der Waals surface area contributed by atoms with E-state index in [9.17, 15) is 4.79 Å². The van der Waals surface area contributed by atoms with Crippen LogP contribution in [0.1, 0.15) is 61.2 Å². The minimum atomic E-state index is -0.300. The third-order valence-corrected chi connectivity index (χ3v) is 4.47. The molecule has 2 aromatic rings. The van der Waals surface area contributed by atoms with E-state index in [-0.39, 0.29) is 22.5 Å². The summed E-state index contributed by atoms with van der Waals surface area (Å²) < 4.78 is 5.19. The van der Waals surface area contributed by atoms with Crippen molar-refractivity contribution in [1.82, 2.24) is 25.4 Å². The zero-order valence-electron chi connectivity index (χ0n) is 15.0. The number of aryl methyl sites for hydroxylation is 1. The van der Waals surface area contributed by atoms with Gasteiger partial charge in [-0.15, -0.1) is 0 Å². The van der Waals surface area contributed by atoms with Crippen molar-refractivity contribution in [3.05, 3.63) is 28.6 Å². The van der Waals surface area contributed by atoms with Crippen LogP contribution in [-0.2, 0) is 6.42 Å². The smallest absolute Gasteiger partial charge is 0.271 e. The highest BCUT2D eigenvalue weighted by Gasteiger charge is 2.19. The molecule has 1 aliphatic rings. The van der Waals surface area contributed by atoms with Crippen molar-refractivity contribution in [2.75, 3.05) is 24.5 Å². The first-order chi connectivity index (χ1) is 12.5. The zero-order valence-corrected chi connectivity index (χ0v) is 15.8. The van der Waals surface area contributed by atoms with Crippen molar-refractivity contribution in [1.29, 1.82) is 0 Å². The summed E-state index contributed by atoms with van der Waals surface area (Å²) in [5.74, 6) is 1.78. The van der Waals surface area contributed by atoms with Crippen molar-refractivity contribution >= 4 is 23.5 Å². The van der Waals surface area contributed by atoms with E-state index < -0.39 is 0 Å². The molecule has 140 valence electrons. The fourth-order valence-electron chi connectivity index (χ4n) is 2.72. The minimum Gasteiger partial charge on any atom is -0.351 e. The van der Waals surface area contributed by atoms with E-state index in [1.54, 1.807) is 0 Å². The van der Waals surface area contributed by atoms with E-state index >= 15 is 0 Å². The number of nitrogens with zero attached hydrogens (tertiary/aromatic N) is 5. The molecule has 1 aliphatic heterocycles. The normalized spacial score (nSPS) is 14.2. The number of hydrogen-bond acceptors (Lipinski definition) is 7. The van der Waals surface area contributed by atoms with Crippen molar-refractivity contribution in [2.24, 2.45) is 0 Å². The maximum absolute atomic E-state index is 12.4. The van der Waals surface area contributed by atoms with Crippen LogP contribution in [0, 0.1) is 0 Å². The summed E-state index contributed by atoms with van der Waals surface area (Å²) in [6, 6.07) is 0. The molecule has 0 radical (unpaired) electrons. The molecule has 26 heavy (non-hydrogen) atoms. The van der Waals surface area contributed by atoms with Crippen LogP contribution in [-0.4, -0.2) is 45.7 Å². The molecule has 3 heterocycles. The van der Waals surface area contributed by atoms with E-state index in [0.717, 1.165) is 25.9 Å². The fraction of sp³-hybridized carbons (Fsp3) is 0.588. The summed E-state index contributed by atoms with van der Waals surface area (Å²) in [6.07, 6.45) is 5.01. The van der Waals surface area contributed by atoms with Gasteiger partial charge in [-0.1, -0.05) is 30.6 Å². The van der Waals surface area contributed by atoms with Crippen LogP contribution < -0.4 is 10.2 Å². The van der Waals surface area contributed by atoms with E-state index in [1.165, 1.54) is 6.20 Å². The van der Waals surface area contributed by atoms with Gasteiger partial charge in [0.15, 0.2) is 11.5 Å². The first-order valence-electron chi connectivity index (χ1n) is 8.92. The molecule has 2 aromatic heterocycles. The second kappa shape index (κ2) is 8.44. The summed E-state index contributed by atoms with van der Waals surface area (Å²) in [5.41, 5.74) is 0.212. The highest BCUT2D eigenvalue weighted by Crippen LogP contribution is 2.19. The maximum atomic E-state index is 12.4. The molecular formula is C17H23ClN6O2. The van der Waals surface area contributed by atoms with Gasteiger partial charge < -0.3 is 14.7 Å². The van der Waals surface area contributed by atoms with Gasteiger partial charge in [0.1, 0.15) is 0 Å². The van der Waals surface area contributed by atoms with Crippen molar-refractivity contribution in [3.8, 4) is 0 Å². The molecule has 1 N–H and O–H groups in total.